The molecule has 4 heterocycles. The second-order valence-corrected chi connectivity index (χ2v) is 12.1. The van der Waals surface area contributed by atoms with Crippen LogP contribution in [0.1, 0.15) is 59.2 Å². The van der Waals surface area contributed by atoms with E-state index in [9.17, 15) is 28.1 Å². The molecule has 2 aromatic heterocycles. The van der Waals surface area contributed by atoms with Gasteiger partial charge in [0.25, 0.3) is 5.56 Å². The van der Waals surface area contributed by atoms with E-state index in [-0.39, 0.29) is 48.8 Å². The van der Waals surface area contributed by atoms with Crippen LogP contribution < -0.4 is 10.9 Å². The first-order valence-corrected chi connectivity index (χ1v) is 14.6. The lowest BCUT2D eigenvalue weighted by molar-refractivity contribution is -0.172. The fraction of sp³-hybridized carbons (Fsp3) is 0.429. The van der Waals surface area contributed by atoms with E-state index in [0.717, 1.165) is 16.5 Å². The third-order valence-corrected chi connectivity index (χ3v) is 9.55. The van der Waals surface area contributed by atoms with Crippen molar-refractivity contribution < 1.29 is 33.1 Å². The van der Waals surface area contributed by atoms with Crippen LogP contribution in [0, 0.1) is 12.7 Å². The van der Waals surface area contributed by atoms with Gasteiger partial charge in [-0.3, -0.25) is 13.8 Å². The molecular formula is C28H28FN3O7S. The van der Waals surface area contributed by atoms with Crippen LogP contribution in [-0.2, 0) is 50.3 Å². The number of aliphatic hydroxyl groups excluding tert-OH is 1. The Labute approximate surface area is 230 Å². The molecule has 0 saturated heterocycles. The van der Waals surface area contributed by atoms with Gasteiger partial charge in [-0.25, -0.2) is 14.2 Å². The summed E-state index contributed by atoms with van der Waals surface area (Å²) in [5, 5.41) is 23.9. The molecule has 0 saturated carbocycles. The summed E-state index contributed by atoms with van der Waals surface area (Å²) in [4.78, 5) is 43.8. The number of hydrogen-bond donors (Lipinski definition) is 3. The second kappa shape index (κ2) is 9.57. The summed E-state index contributed by atoms with van der Waals surface area (Å²) in [6.07, 6.45) is 0.952. The molecule has 1 unspecified atom stereocenters. The zero-order chi connectivity index (χ0) is 28.5. The number of nitrogens with one attached hydrogen (secondary N) is 1. The highest BCUT2D eigenvalue weighted by atomic mass is 32.2. The van der Waals surface area contributed by atoms with Gasteiger partial charge in [0, 0.05) is 39.1 Å². The lowest BCUT2D eigenvalue weighted by Crippen LogP contribution is -2.44. The number of rotatable bonds is 6. The molecule has 2 aliphatic heterocycles. The molecule has 1 amide bonds. The maximum atomic E-state index is 15.0. The number of aliphatic hydroxyl groups is 2. The van der Waals surface area contributed by atoms with Crippen molar-refractivity contribution >= 4 is 33.6 Å². The summed E-state index contributed by atoms with van der Waals surface area (Å²) in [5.74, 6) is -1.95. The van der Waals surface area contributed by atoms with Gasteiger partial charge in [0.2, 0.25) is 5.91 Å². The van der Waals surface area contributed by atoms with E-state index >= 15 is 0 Å². The predicted octanol–water partition coefficient (Wildman–Crippen LogP) is 1.37. The Kier molecular flexibility index (Phi) is 6.39. The van der Waals surface area contributed by atoms with E-state index < -0.39 is 45.7 Å². The van der Waals surface area contributed by atoms with E-state index in [1.54, 1.807) is 19.9 Å². The SMILES string of the molecule is CC[C@@]1(O)C(=O)OCc2c1cc1n(c2=O)Cc2c-1nc1cc(F)c(C)c3c1c2[C@@H](NC(=O)CS(=O)CCO)CC3. The molecule has 10 nitrogen and oxygen atoms in total. The molecule has 0 radical (unpaired) electrons. The van der Waals surface area contributed by atoms with E-state index in [1.807, 2.05) is 0 Å². The van der Waals surface area contributed by atoms with Crippen molar-refractivity contribution in [2.45, 2.75) is 57.9 Å². The summed E-state index contributed by atoms with van der Waals surface area (Å²) < 4.78 is 33.8. The predicted molar refractivity (Wildman–Crippen MR) is 143 cm³/mol. The summed E-state index contributed by atoms with van der Waals surface area (Å²) in [6, 6.07) is 2.43. The van der Waals surface area contributed by atoms with Crippen LogP contribution in [-0.4, -0.2) is 54.0 Å². The average molecular weight is 570 g/mol. The molecule has 0 spiro atoms. The Morgan fingerprint density at radius 3 is 2.80 bits per heavy atom. The normalized spacial score (nSPS) is 21.4. The van der Waals surface area contributed by atoms with Crippen LogP contribution >= 0.6 is 0 Å². The van der Waals surface area contributed by atoms with Crippen molar-refractivity contribution in [2.24, 2.45) is 0 Å². The van der Waals surface area contributed by atoms with Crippen LogP contribution in [0.15, 0.2) is 16.9 Å². The molecule has 40 heavy (non-hydrogen) atoms. The quantitative estimate of drug-likeness (QED) is 0.295. The number of hydrogen-bond acceptors (Lipinski definition) is 8. The fourth-order valence-corrected chi connectivity index (χ4v) is 6.98. The maximum absolute atomic E-state index is 15.0. The molecule has 3 aromatic rings. The molecule has 12 heteroatoms. The number of carbonyl (C=O) groups excluding carboxylic acids is 2. The minimum absolute atomic E-state index is 0.00455. The van der Waals surface area contributed by atoms with Crippen LogP contribution in [0.3, 0.4) is 0 Å². The minimum atomic E-state index is -1.98. The Bertz CT molecular complexity index is 1720. The Hall–Kier alpha value is -3.48. The molecule has 1 aromatic carbocycles. The smallest absolute Gasteiger partial charge is 0.343 e. The van der Waals surface area contributed by atoms with Crippen molar-refractivity contribution in [1.82, 2.24) is 14.9 Å². The molecule has 1 aliphatic carbocycles. The van der Waals surface area contributed by atoms with Crippen molar-refractivity contribution in [3.63, 3.8) is 0 Å². The monoisotopic (exact) mass is 569 g/mol. The van der Waals surface area contributed by atoms with E-state index in [4.69, 9.17) is 14.8 Å². The van der Waals surface area contributed by atoms with E-state index in [0.29, 0.717) is 40.9 Å². The number of amides is 1. The highest BCUT2D eigenvalue weighted by molar-refractivity contribution is 7.85. The number of aryl methyl sites for hydroxylation is 1. The number of fused-ring (bicyclic) bond motifs is 5. The number of halogens is 1. The standard InChI is InChI=1S/C28H28FN3O7S/c1-3-28(37)17-8-21-25-15(10-32(21)26(35)16(17)11-39-27(28)36)24-19(30-22(34)12-40(38)7-6-33)5-4-14-13(2)18(29)9-20(31-25)23(14)24/h8-9,19,33,37H,3-7,10-12H2,1-2H3,(H,30,34)/t19-,28-,40?/m0/s1. The highest BCUT2D eigenvalue weighted by Crippen LogP contribution is 2.45. The summed E-state index contributed by atoms with van der Waals surface area (Å²) in [7, 11) is -1.52. The molecule has 3 aliphatic rings. The zero-order valence-corrected chi connectivity index (χ0v) is 22.8. The first kappa shape index (κ1) is 26.7. The number of ether oxygens (including phenoxy) is 1. The number of cyclic esters (lactones) is 1. The number of carbonyl (C=O) groups is 2. The topological polar surface area (TPSA) is 148 Å². The largest absolute Gasteiger partial charge is 0.458 e. The molecular weight excluding hydrogens is 541 g/mol. The highest BCUT2D eigenvalue weighted by Gasteiger charge is 2.46. The van der Waals surface area contributed by atoms with Gasteiger partial charge in [-0.15, -0.1) is 0 Å². The molecule has 0 fully saturated rings. The number of pyridine rings is 2. The number of aromatic nitrogens is 2. The maximum Gasteiger partial charge on any atom is 0.343 e. The third-order valence-electron chi connectivity index (χ3n) is 8.32. The number of nitrogens with zero attached hydrogens (tertiary/aromatic N) is 2. The van der Waals surface area contributed by atoms with Crippen LogP contribution in [0.2, 0.25) is 0 Å². The van der Waals surface area contributed by atoms with Crippen LogP contribution in [0.25, 0.3) is 22.3 Å². The molecule has 6 rings (SSSR count). The minimum Gasteiger partial charge on any atom is -0.458 e. The Morgan fingerprint density at radius 1 is 1.30 bits per heavy atom. The van der Waals surface area contributed by atoms with E-state index in [1.165, 1.54) is 10.6 Å². The van der Waals surface area contributed by atoms with Gasteiger partial charge >= 0.3 is 5.97 Å². The Morgan fingerprint density at radius 2 is 2.08 bits per heavy atom. The van der Waals surface area contributed by atoms with Gasteiger partial charge in [-0.05, 0) is 48.9 Å². The molecule has 0 bridgehead atoms. The van der Waals surface area contributed by atoms with Crippen molar-refractivity contribution in [1.29, 1.82) is 0 Å². The average Bonchev–Trinajstić information content (AvgIpc) is 3.29. The van der Waals surface area contributed by atoms with Crippen molar-refractivity contribution in [2.75, 3.05) is 18.1 Å². The molecule has 3 atom stereocenters. The fourth-order valence-electron chi connectivity index (χ4n) is 6.26. The summed E-state index contributed by atoms with van der Waals surface area (Å²) >= 11 is 0. The molecule has 210 valence electrons. The molecule has 3 N–H and O–H groups in total. The third kappa shape index (κ3) is 3.84. The summed E-state index contributed by atoms with van der Waals surface area (Å²) in [5.41, 5.74) is 1.85. The van der Waals surface area contributed by atoms with Gasteiger partial charge in [-0.2, -0.15) is 0 Å². The lowest BCUT2D eigenvalue weighted by atomic mass is 9.81. The van der Waals surface area contributed by atoms with Crippen LogP contribution in [0.5, 0.6) is 0 Å². The first-order chi connectivity index (χ1) is 19.1. The zero-order valence-electron chi connectivity index (χ0n) is 22.0. The Balaban J connectivity index is 1.56. The second-order valence-electron chi connectivity index (χ2n) is 10.5. The first-order valence-electron chi connectivity index (χ1n) is 13.2. The summed E-state index contributed by atoms with van der Waals surface area (Å²) in [6.45, 7) is 2.91. The van der Waals surface area contributed by atoms with E-state index in [2.05, 4.69) is 5.32 Å². The van der Waals surface area contributed by atoms with Crippen molar-refractivity contribution in [3.8, 4) is 11.4 Å². The number of esters is 1. The van der Waals surface area contributed by atoms with Crippen molar-refractivity contribution in [3.05, 3.63) is 61.7 Å². The number of benzene rings is 1. The lowest BCUT2D eigenvalue weighted by Gasteiger charge is -2.31. The van der Waals surface area contributed by atoms with Gasteiger partial charge < -0.3 is 24.8 Å². The van der Waals surface area contributed by atoms with Gasteiger partial charge in [0.15, 0.2) is 5.60 Å². The van der Waals surface area contributed by atoms with Gasteiger partial charge in [0.05, 0.1) is 41.7 Å². The van der Waals surface area contributed by atoms with Gasteiger partial charge in [-0.1, -0.05) is 6.92 Å². The van der Waals surface area contributed by atoms with Crippen LogP contribution in [0.4, 0.5) is 4.39 Å². The van der Waals surface area contributed by atoms with Gasteiger partial charge in [0.1, 0.15) is 18.2 Å².